The Labute approximate surface area is 231 Å². The summed E-state index contributed by atoms with van der Waals surface area (Å²) in [5, 5.41) is 12.6. The second kappa shape index (κ2) is 10.9. The van der Waals surface area contributed by atoms with Crippen molar-refractivity contribution < 1.29 is 19.6 Å². The van der Waals surface area contributed by atoms with Crippen LogP contribution in [-0.4, -0.2) is 68.5 Å². The van der Waals surface area contributed by atoms with Crippen LogP contribution in [-0.2, 0) is 4.79 Å². The topological polar surface area (TPSA) is 81.2 Å². The number of hydroxylamine groups is 2. The van der Waals surface area contributed by atoms with Crippen molar-refractivity contribution in [3.8, 4) is 0 Å². The van der Waals surface area contributed by atoms with Crippen LogP contribution in [0.15, 0.2) is 54.6 Å². The van der Waals surface area contributed by atoms with E-state index in [1.165, 1.54) is 16.4 Å². The molecule has 3 amide bonds. The van der Waals surface area contributed by atoms with Crippen LogP contribution in [0.3, 0.4) is 0 Å². The maximum Gasteiger partial charge on any atom is 0.261 e. The smallest absolute Gasteiger partial charge is 0.261 e. The molecule has 1 N–H and O–H groups in total. The van der Waals surface area contributed by atoms with Crippen molar-refractivity contribution in [3.05, 3.63) is 71.3 Å². The van der Waals surface area contributed by atoms with E-state index >= 15 is 0 Å². The molecule has 208 valence electrons. The largest absolute Gasteiger partial charge is 0.336 e. The lowest BCUT2D eigenvalue weighted by Gasteiger charge is -2.50. The molecule has 2 aliphatic heterocycles. The summed E-state index contributed by atoms with van der Waals surface area (Å²) < 4.78 is 0. The lowest BCUT2D eigenvalue weighted by molar-refractivity contribution is -0.195. The Morgan fingerprint density at radius 1 is 0.974 bits per heavy atom. The van der Waals surface area contributed by atoms with Crippen LogP contribution in [0.5, 0.6) is 0 Å². The van der Waals surface area contributed by atoms with Crippen molar-refractivity contribution in [2.75, 3.05) is 13.1 Å². The predicted octanol–water partition coefficient (Wildman–Crippen LogP) is 5.35. The Morgan fingerprint density at radius 3 is 2.18 bits per heavy atom. The van der Waals surface area contributed by atoms with Crippen molar-refractivity contribution in [3.63, 3.8) is 0 Å². The van der Waals surface area contributed by atoms with Gasteiger partial charge in [-0.15, -0.1) is 0 Å². The minimum atomic E-state index is -0.680. The second-order valence-electron chi connectivity index (χ2n) is 12.5. The highest BCUT2D eigenvalue weighted by Gasteiger charge is 2.50. The minimum Gasteiger partial charge on any atom is -0.336 e. The van der Waals surface area contributed by atoms with Gasteiger partial charge < -0.3 is 10.1 Å². The highest BCUT2D eigenvalue weighted by Crippen LogP contribution is 2.47. The number of hydrogen-bond donors (Lipinski definition) is 1. The molecular weight excluding hydrogens is 490 g/mol. The molecule has 7 nitrogen and oxygen atoms in total. The third-order valence-corrected chi connectivity index (χ3v) is 9.06. The van der Waals surface area contributed by atoms with Gasteiger partial charge in [-0.2, -0.15) is 5.06 Å². The number of nitrogens with zero attached hydrogens (tertiary/aromatic N) is 3. The Balaban J connectivity index is 1.39. The predicted molar refractivity (Wildman–Crippen MR) is 149 cm³/mol. The number of imide groups is 1. The van der Waals surface area contributed by atoms with E-state index in [9.17, 15) is 19.6 Å². The number of carbonyl (C=O) groups is 3. The highest BCUT2D eigenvalue weighted by molar-refractivity contribution is 6.21. The first-order valence-electron chi connectivity index (χ1n) is 14.4. The molecule has 2 heterocycles. The van der Waals surface area contributed by atoms with E-state index in [4.69, 9.17) is 0 Å². The average Bonchev–Trinajstić information content (AvgIpc) is 3.17. The molecule has 2 aromatic carbocycles. The number of hydrogen-bond acceptors (Lipinski definition) is 5. The van der Waals surface area contributed by atoms with Gasteiger partial charge in [-0.3, -0.25) is 19.3 Å². The van der Waals surface area contributed by atoms with Gasteiger partial charge in [0.05, 0.1) is 11.1 Å². The first-order chi connectivity index (χ1) is 18.6. The van der Waals surface area contributed by atoms with Gasteiger partial charge in [0, 0.05) is 30.6 Å². The van der Waals surface area contributed by atoms with Crippen LogP contribution in [0.4, 0.5) is 0 Å². The molecule has 39 heavy (non-hydrogen) atoms. The number of rotatable bonds is 6. The van der Waals surface area contributed by atoms with Crippen molar-refractivity contribution in [1.29, 1.82) is 0 Å². The number of benzene rings is 2. The Bertz CT molecular complexity index is 1190. The van der Waals surface area contributed by atoms with Gasteiger partial charge in [-0.25, -0.2) is 0 Å². The first kappa shape index (κ1) is 27.5. The van der Waals surface area contributed by atoms with Crippen LogP contribution >= 0.6 is 0 Å². The fraction of sp³-hybridized carbons (Fsp3) is 0.531. The van der Waals surface area contributed by atoms with Gasteiger partial charge >= 0.3 is 0 Å². The van der Waals surface area contributed by atoms with E-state index < -0.39 is 11.6 Å². The van der Waals surface area contributed by atoms with Gasteiger partial charge in [0.25, 0.3) is 11.8 Å². The molecule has 2 unspecified atom stereocenters. The van der Waals surface area contributed by atoms with Crippen molar-refractivity contribution in [2.45, 2.75) is 83.3 Å². The molecule has 0 aromatic heterocycles. The molecule has 0 bridgehead atoms. The summed E-state index contributed by atoms with van der Waals surface area (Å²) in [5.41, 5.74) is 1.46. The normalized spacial score (nSPS) is 26.2. The molecule has 1 aliphatic carbocycles. The van der Waals surface area contributed by atoms with Gasteiger partial charge in [-0.05, 0) is 76.5 Å². The van der Waals surface area contributed by atoms with E-state index in [1.54, 1.807) is 24.3 Å². The Kier molecular flexibility index (Phi) is 7.66. The van der Waals surface area contributed by atoms with Gasteiger partial charge in [0.2, 0.25) is 5.91 Å². The summed E-state index contributed by atoms with van der Waals surface area (Å²) in [6.07, 6.45) is 4.91. The van der Waals surface area contributed by atoms with Crippen molar-refractivity contribution in [1.82, 2.24) is 14.9 Å². The lowest BCUT2D eigenvalue weighted by Crippen LogP contribution is -2.61. The zero-order valence-electron chi connectivity index (χ0n) is 23.5. The SMILES string of the molecule is CC(CCN(C(=O)[C@@H]1C(c2ccccc2)[C@H]2CCCC[C@@H]2CN1O)C(C)(C)C)N1C(=O)c2ccccc2C1=O. The van der Waals surface area contributed by atoms with Crippen LogP contribution in [0.25, 0.3) is 0 Å². The number of carbonyl (C=O) groups excluding carboxylic acids is 3. The van der Waals surface area contributed by atoms with Crippen LogP contribution < -0.4 is 0 Å². The summed E-state index contributed by atoms with van der Waals surface area (Å²) in [7, 11) is 0. The number of amides is 3. The second-order valence-corrected chi connectivity index (χ2v) is 12.5. The summed E-state index contributed by atoms with van der Waals surface area (Å²) in [4.78, 5) is 43.7. The van der Waals surface area contributed by atoms with E-state index in [-0.39, 0.29) is 29.7 Å². The molecule has 5 rings (SSSR count). The van der Waals surface area contributed by atoms with Crippen molar-refractivity contribution in [2.24, 2.45) is 11.8 Å². The maximum absolute atomic E-state index is 14.4. The standard InChI is InChI=1S/C32H41N3O4/c1-21(35-29(36)25-16-10-11-17-26(25)30(35)37)18-19-33(32(2,3)4)31(38)28-27(22-12-6-5-7-13-22)24-15-9-8-14-23(24)20-34(28)39/h5-7,10-13,16-17,21,23-24,27-28,39H,8-9,14-15,18-20H2,1-4H3/t21?,23-,24+,27?,28+/m1/s1. The van der Waals surface area contributed by atoms with Crippen LogP contribution in [0.2, 0.25) is 0 Å². The van der Waals surface area contributed by atoms with Gasteiger partial charge in [-0.1, -0.05) is 55.3 Å². The molecule has 0 spiro atoms. The first-order valence-corrected chi connectivity index (χ1v) is 14.4. The van der Waals surface area contributed by atoms with E-state index in [2.05, 4.69) is 12.1 Å². The summed E-state index contributed by atoms with van der Waals surface area (Å²) in [6.45, 7) is 8.76. The summed E-state index contributed by atoms with van der Waals surface area (Å²) >= 11 is 0. The maximum atomic E-state index is 14.4. The number of fused-ring (bicyclic) bond motifs is 2. The monoisotopic (exact) mass is 531 g/mol. The Hall–Kier alpha value is -3.03. The quantitative estimate of drug-likeness (QED) is 0.508. The Morgan fingerprint density at radius 2 is 1.56 bits per heavy atom. The number of piperidine rings is 1. The van der Waals surface area contributed by atoms with Crippen LogP contribution in [0, 0.1) is 11.8 Å². The summed E-state index contributed by atoms with van der Waals surface area (Å²) in [6, 6.07) is 16.0. The summed E-state index contributed by atoms with van der Waals surface area (Å²) in [5.74, 6) is -0.0395. The van der Waals surface area contributed by atoms with E-state index in [1.807, 2.05) is 50.8 Å². The van der Waals surface area contributed by atoms with Crippen molar-refractivity contribution >= 4 is 17.7 Å². The van der Waals surface area contributed by atoms with Gasteiger partial charge in [0.15, 0.2) is 0 Å². The molecule has 0 radical (unpaired) electrons. The highest BCUT2D eigenvalue weighted by atomic mass is 16.5. The fourth-order valence-corrected chi connectivity index (χ4v) is 7.08. The molecular formula is C32H41N3O4. The molecule has 3 aliphatic rings. The van der Waals surface area contributed by atoms with Crippen LogP contribution in [0.1, 0.15) is 92.0 Å². The molecule has 5 atom stereocenters. The molecule has 7 heteroatoms. The average molecular weight is 532 g/mol. The van der Waals surface area contributed by atoms with E-state index in [0.29, 0.717) is 42.5 Å². The lowest BCUT2D eigenvalue weighted by atomic mass is 9.65. The fourth-order valence-electron chi connectivity index (χ4n) is 7.08. The molecule has 1 saturated carbocycles. The minimum absolute atomic E-state index is 0.0961. The van der Waals surface area contributed by atoms with Gasteiger partial charge in [0.1, 0.15) is 6.04 Å². The van der Waals surface area contributed by atoms with E-state index in [0.717, 1.165) is 24.8 Å². The zero-order valence-corrected chi connectivity index (χ0v) is 23.5. The molecule has 2 aromatic rings. The molecule has 1 saturated heterocycles. The third-order valence-electron chi connectivity index (χ3n) is 9.06. The molecule has 2 fully saturated rings. The third kappa shape index (κ3) is 5.14. The zero-order chi connectivity index (χ0) is 27.9.